The number of amides is 1. The van der Waals surface area contributed by atoms with E-state index in [9.17, 15) is 14.9 Å². The van der Waals surface area contributed by atoms with Crippen LogP contribution in [0.5, 0.6) is 0 Å². The van der Waals surface area contributed by atoms with E-state index in [1.54, 1.807) is 4.90 Å². The maximum Gasteiger partial charge on any atom is 0.270 e. The van der Waals surface area contributed by atoms with Crippen molar-refractivity contribution in [3.05, 3.63) is 39.9 Å². The third-order valence-electron chi connectivity index (χ3n) is 5.78. The van der Waals surface area contributed by atoms with Gasteiger partial charge in [0.15, 0.2) is 6.23 Å². The van der Waals surface area contributed by atoms with Crippen molar-refractivity contribution in [2.24, 2.45) is 5.92 Å². The lowest BCUT2D eigenvalue weighted by Gasteiger charge is -2.41. The summed E-state index contributed by atoms with van der Waals surface area (Å²) < 4.78 is 4.02. The fraction of sp³-hybridized carbons (Fsp3) is 0.632. The van der Waals surface area contributed by atoms with E-state index in [1.165, 1.54) is 56.6 Å². The zero-order valence-electron chi connectivity index (χ0n) is 15.9. The molecule has 0 radical (unpaired) electrons. The second-order valence-electron chi connectivity index (χ2n) is 7.70. The molecule has 160 valence electrons. The van der Waals surface area contributed by atoms with Crippen molar-refractivity contribution in [3.8, 4) is 0 Å². The molecule has 1 unspecified atom stereocenters. The standard InChI is InChI=1S/C19H24Cl3N3O4/c20-19(21,22)18(23-17(26)13-5-3-7-15(11-13)25(27)28)29-12-14-6-4-10-24-9-2-1-8-16(14)24/h3,5,7,11,14,16,18H,1-2,4,6,8-10,12H2,(H,23,26)/p+1/t14-,16-,18+/m1/s1. The number of hydrogen-bond acceptors (Lipinski definition) is 4. The van der Waals surface area contributed by atoms with Crippen LogP contribution in [0.3, 0.4) is 0 Å². The maximum atomic E-state index is 12.6. The van der Waals surface area contributed by atoms with Crippen molar-refractivity contribution in [2.45, 2.75) is 48.2 Å². The molecule has 29 heavy (non-hydrogen) atoms. The molecule has 0 saturated carbocycles. The fourth-order valence-electron chi connectivity index (χ4n) is 4.38. The molecule has 4 atom stereocenters. The van der Waals surface area contributed by atoms with Crippen LogP contribution in [-0.2, 0) is 4.74 Å². The van der Waals surface area contributed by atoms with Crippen LogP contribution in [0.2, 0.25) is 0 Å². The number of rotatable bonds is 6. The first-order valence-corrected chi connectivity index (χ1v) is 11.0. The number of hydrogen-bond donors (Lipinski definition) is 2. The fourth-order valence-corrected chi connectivity index (χ4v) is 4.73. The Bertz CT molecular complexity index is 742. The third-order valence-corrected chi connectivity index (χ3v) is 6.38. The molecule has 10 heteroatoms. The van der Waals surface area contributed by atoms with Gasteiger partial charge in [0, 0.05) is 23.6 Å². The molecule has 3 rings (SSSR count). The van der Waals surface area contributed by atoms with Crippen molar-refractivity contribution in [2.75, 3.05) is 19.7 Å². The van der Waals surface area contributed by atoms with Crippen LogP contribution < -0.4 is 10.2 Å². The minimum atomic E-state index is -1.87. The topological polar surface area (TPSA) is 85.9 Å². The number of piperidine rings is 2. The first-order valence-electron chi connectivity index (χ1n) is 9.84. The second-order valence-corrected chi connectivity index (χ2v) is 10.1. The van der Waals surface area contributed by atoms with Gasteiger partial charge in [0.1, 0.15) is 0 Å². The molecule has 2 aliphatic rings. The number of nitrogens with one attached hydrogen (secondary N) is 2. The lowest BCUT2D eigenvalue weighted by molar-refractivity contribution is -0.940. The molecule has 0 spiro atoms. The van der Waals surface area contributed by atoms with Gasteiger partial charge in [-0.25, -0.2) is 0 Å². The third kappa shape index (κ3) is 5.95. The van der Waals surface area contributed by atoms with Crippen molar-refractivity contribution in [3.63, 3.8) is 0 Å². The van der Waals surface area contributed by atoms with Crippen molar-refractivity contribution in [1.29, 1.82) is 0 Å². The molecule has 0 aromatic heterocycles. The summed E-state index contributed by atoms with van der Waals surface area (Å²) >= 11 is 18.1. The number of halogens is 3. The summed E-state index contributed by atoms with van der Waals surface area (Å²) in [6.07, 6.45) is 4.69. The first-order chi connectivity index (χ1) is 13.8. The molecule has 1 aromatic carbocycles. The largest absolute Gasteiger partial charge is 0.353 e. The summed E-state index contributed by atoms with van der Waals surface area (Å²) in [6.45, 7) is 2.78. The normalized spacial score (nSPS) is 25.7. The molecular weight excluding hydrogens is 441 g/mol. The average molecular weight is 466 g/mol. The predicted molar refractivity (Wildman–Crippen MR) is 112 cm³/mol. The number of non-ortho nitro benzene ring substituents is 1. The number of fused-ring (bicyclic) bond motifs is 1. The molecule has 0 aliphatic carbocycles. The number of nitrogens with zero attached hydrogens (tertiary/aromatic N) is 1. The number of nitro benzene ring substituents is 1. The molecule has 7 nitrogen and oxygen atoms in total. The first kappa shape index (κ1) is 22.6. The quantitative estimate of drug-likeness (QED) is 0.293. The van der Waals surface area contributed by atoms with Crippen molar-refractivity contribution >= 4 is 46.4 Å². The highest BCUT2D eigenvalue weighted by Gasteiger charge is 2.40. The Morgan fingerprint density at radius 2 is 2.03 bits per heavy atom. The Hall–Kier alpha value is -1.12. The highest BCUT2D eigenvalue weighted by atomic mass is 35.6. The van der Waals surface area contributed by atoms with E-state index in [-0.39, 0.29) is 11.3 Å². The van der Waals surface area contributed by atoms with E-state index in [0.29, 0.717) is 18.6 Å². The SMILES string of the molecule is O=C(N[C@@H](OC[C@H]1CCC[NH+]2CCCC[C@H]12)C(Cl)(Cl)Cl)c1cccc([N+](=O)[O-])c1. The Labute approximate surface area is 184 Å². The van der Waals surface area contributed by atoms with Gasteiger partial charge in [0.05, 0.1) is 30.7 Å². The van der Waals surface area contributed by atoms with Crippen LogP contribution in [0.1, 0.15) is 42.5 Å². The van der Waals surface area contributed by atoms with Gasteiger partial charge >= 0.3 is 0 Å². The molecule has 0 bridgehead atoms. The minimum absolute atomic E-state index is 0.0996. The number of ether oxygens (including phenoxy) is 1. The second kappa shape index (κ2) is 9.79. The summed E-state index contributed by atoms with van der Waals surface area (Å²) in [5, 5.41) is 13.5. The highest BCUT2D eigenvalue weighted by molar-refractivity contribution is 6.68. The van der Waals surface area contributed by atoms with Crippen molar-refractivity contribution < 1.29 is 19.4 Å². The number of benzene rings is 1. The van der Waals surface area contributed by atoms with Gasteiger partial charge in [-0.2, -0.15) is 0 Å². The van der Waals surface area contributed by atoms with Gasteiger partial charge in [-0.05, 0) is 38.2 Å². The molecular formula is C19H25Cl3N3O4+. The zero-order valence-corrected chi connectivity index (χ0v) is 18.2. The van der Waals surface area contributed by atoms with Gasteiger partial charge in [0.2, 0.25) is 3.79 Å². The smallest absolute Gasteiger partial charge is 0.270 e. The minimum Gasteiger partial charge on any atom is -0.353 e. The summed E-state index contributed by atoms with van der Waals surface area (Å²) in [5.74, 6) is -0.248. The van der Waals surface area contributed by atoms with Gasteiger partial charge in [0.25, 0.3) is 11.6 Å². The Balaban J connectivity index is 1.65. The molecule has 2 N–H and O–H groups in total. The highest BCUT2D eigenvalue weighted by Crippen LogP contribution is 2.32. The predicted octanol–water partition coefficient (Wildman–Crippen LogP) is 2.88. The van der Waals surface area contributed by atoms with Crippen LogP contribution in [0.25, 0.3) is 0 Å². The van der Waals surface area contributed by atoms with E-state index in [2.05, 4.69) is 5.32 Å². The van der Waals surface area contributed by atoms with E-state index < -0.39 is 20.9 Å². The summed E-state index contributed by atoms with van der Waals surface area (Å²) in [6, 6.07) is 5.92. The van der Waals surface area contributed by atoms with Crippen LogP contribution in [0.15, 0.2) is 24.3 Å². The van der Waals surface area contributed by atoms with Crippen molar-refractivity contribution in [1.82, 2.24) is 5.32 Å². The molecule has 2 fully saturated rings. The monoisotopic (exact) mass is 464 g/mol. The average Bonchev–Trinajstić information content (AvgIpc) is 2.70. The van der Waals surface area contributed by atoms with Gasteiger partial charge in [-0.1, -0.05) is 40.9 Å². The van der Waals surface area contributed by atoms with Gasteiger partial charge in [-0.3, -0.25) is 14.9 Å². The van der Waals surface area contributed by atoms with Crippen LogP contribution in [0, 0.1) is 16.0 Å². The summed E-state index contributed by atoms with van der Waals surface area (Å²) in [5.41, 5.74) is -0.0887. The summed E-state index contributed by atoms with van der Waals surface area (Å²) in [7, 11) is 0. The molecule has 2 saturated heterocycles. The number of alkyl halides is 3. The molecule has 2 aliphatic heterocycles. The van der Waals surface area contributed by atoms with Crippen LogP contribution in [0.4, 0.5) is 5.69 Å². The lowest BCUT2D eigenvalue weighted by Crippen LogP contribution is -3.18. The van der Waals surface area contributed by atoms with E-state index in [4.69, 9.17) is 39.5 Å². The Kier molecular flexibility index (Phi) is 7.62. The van der Waals surface area contributed by atoms with Crippen LogP contribution in [-0.4, -0.2) is 46.6 Å². The molecule has 2 heterocycles. The lowest BCUT2D eigenvalue weighted by atomic mass is 9.84. The number of carbonyl (C=O) groups excluding carboxylic acids is 1. The van der Waals surface area contributed by atoms with E-state index in [1.807, 2.05) is 0 Å². The van der Waals surface area contributed by atoms with E-state index in [0.717, 1.165) is 12.8 Å². The number of carbonyl (C=O) groups is 1. The number of nitro groups is 1. The summed E-state index contributed by atoms with van der Waals surface area (Å²) in [4.78, 5) is 24.6. The Morgan fingerprint density at radius 1 is 1.28 bits per heavy atom. The molecule has 1 amide bonds. The maximum absolute atomic E-state index is 12.6. The molecule has 1 aromatic rings. The van der Waals surface area contributed by atoms with Gasteiger partial charge in [-0.15, -0.1) is 0 Å². The van der Waals surface area contributed by atoms with E-state index >= 15 is 0 Å². The Morgan fingerprint density at radius 3 is 2.76 bits per heavy atom. The zero-order chi connectivity index (χ0) is 21.0. The number of quaternary nitrogens is 1. The van der Waals surface area contributed by atoms with Crippen LogP contribution >= 0.6 is 34.8 Å². The van der Waals surface area contributed by atoms with Gasteiger partial charge < -0.3 is 15.0 Å².